The Morgan fingerprint density at radius 3 is 2.70 bits per heavy atom. The molecule has 20 heavy (non-hydrogen) atoms. The minimum Gasteiger partial charge on any atom is -0.496 e. The molecule has 0 atom stereocenters. The van der Waals surface area contributed by atoms with Gasteiger partial charge in [0.05, 0.1) is 18.6 Å². The Hall–Kier alpha value is -1.21. The summed E-state index contributed by atoms with van der Waals surface area (Å²) < 4.78 is 6.16. The highest BCUT2D eigenvalue weighted by atomic mass is 79.9. The summed E-state index contributed by atoms with van der Waals surface area (Å²) in [4.78, 5) is 23.8. The first-order valence-electron chi connectivity index (χ1n) is 5.80. The number of aliphatic carboxylic acids is 1. The number of carboxylic acids is 1. The minimum absolute atomic E-state index is 0.0697. The van der Waals surface area contributed by atoms with Gasteiger partial charge in [0.25, 0.3) is 0 Å². The number of hydrogen-bond acceptors (Lipinski definition) is 4. The molecule has 0 heterocycles. The highest BCUT2D eigenvalue weighted by molar-refractivity contribution is 9.10. The van der Waals surface area contributed by atoms with E-state index in [2.05, 4.69) is 15.9 Å². The first kappa shape index (κ1) is 16.8. The predicted molar refractivity (Wildman–Crippen MR) is 82.1 cm³/mol. The molecular formula is C13H16BrNO4S. The number of benzene rings is 1. The number of amides is 1. The quantitative estimate of drug-likeness (QED) is 0.806. The second-order valence-electron chi connectivity index (χ2n) is 4.09. The Morgan fingerprint density at radius 2 is 2.10 bits per heavy atom. The molecule has 1 aromatic rings. The van der Waals surface area contributed by atoms with Crippen LogP contribution in [0.25, 0.3) is 0 Å². The van der Waals surface area contributed by atoms with E-state index in [9.17, 15) is 9.59 Å². The number of halogens is 1. The second-order valence-corrected chi connectivity index (χ2v) is 5.99. The molecule has 5 nitrogen and oxygen atoms in total. The molecule has 0 bridgehead atoms. The van der Waals surface area contributed by atoms with Crippen molar-refractivity contribution in [2.24, 2.45) is 0 Å². The molecule has 1 N–H and O–H groups in total. The van der Waals surface area contributed by atoms with Gasteiger partial charge in [-0.05, 0) is 18.2 Å². The number of carboxylic acid groups (broad SMARTS) is 1. The topological polar surface area (TPSA) is 66.8 Å². The molecule has 0 aliphatic rings. The number of ether oxygens (including phenoxy) is 1. The van der Waals surface area contributed by atoms with Crippen LogP contribution in [0.5, 0.6) is 5.75 Å². The molecule has 0 saturated carbocycles. The highest BCUT2D eigenvalue weighted by Crippen LogP contribution is 2.24. The lowest BCUT2D eigenvalue weighted by Crippen LogP contribution is -2.28. The summed E-state index contributed by atoms with van der Waals surface area (Å²) in [6, 6.07) is 5.59. The van der Waals surface area contributed by atoms with Crippen molar-refractivity contribution in [3.63, 3.8) is 0 Å². The van der Waals surface area contributed by atoms with Crippen LogP contribution in [0.2, 0.25) is 0 Å². The van der Waals surface area contributed by atoms with Gasteiger partial charge in [-0.25, -0.2) is 0 Å². The van der Waals surface area contributed by atoms with E-state index < -0.39 is 5.97 Å². The molecule has 0 aromatic heterocycles. The Morgan fingerprint density at radius 1 is 1.40 bits per heavy atom. The van der Waals surface area contributed by atoms with Crippen molar-refractivity contribution in [3.8, 4) is 5.75 Å². The largest absolute Gasteiger partial charge is 0.496 e. The zero-order chi connectivity index (χ0) is 15.1. The second kappa shape index (κ2) is 8.16. The first-order chi connectivity index (χ1) is 9.43. The Bertz CT molecular complexity index is 495. The smallest absolute Gasteiger partial charge is 0.313 e. The molecule has 1 aromatic carbocycles. The molecule has 0 unspecified atom stereocenters. The SMILES string of the molecule is COc1ccc(Br)cc1CN(C)C(=O)CSCC(=O)O. The Balaban J connectivity index is 2.61. The number of methoxy groups -OCH3 is 1. The molecule has 0 fully saturated rings. The van der Waals surface area contributed by atoms with Crippen molar-refractivity contribution in [3.05, 3.63) is 28.2 Å². The van der Waals surface area contributed by atoms with Gasteiger partial charge in [-0.1, -0.05) is 15.9 Å². The number of carbonyl (C=O) groups excluding carboxylic acids is 1. The molecule has 0 radical (unpaired) electrons. The number of rotatable bonds is 7. The van der Waals surface area contributed by atoms with Gasteiger partial charge in [0.1, 0.15) is 5.75 Å². The summed E-state index contributed by atoms with van der Waals surface area (Å²) in [5, 5.41) is 8.53. The van der Waals surface area contributed by atoms with E-state index in [1.807, 2.05) is 18.2 Å². The van der Waals surface area contributed by atoms with Crippen molar-refractivity contribution < 1.29 is 19.4 Å². The third-order valence-corrected chi connectivity index (χ3v) is 3.92. The Kier molecular flexibility index (Phi) is 6.87. The molecular weight excluding hydrogens is 346 g/mol. The van der Waals surface area contributed by atoms with Crippen LogP contribution in [-0.2, 0) is 16.1 Å². The third kappa shape index (κ3) is 5.42. The number of hydrogen-bond donors (Lipinski definition) is 1. The fourth-order valence-corrected chi connectivity index (χ4v) is 2.63. The zero-order valence-corrected chi connectivity index (χ0v) is 13.7. The monoisotopic (exact) mass is 361 g/mol. The van der Waals surface area contributed by atoms with Crippen molar-refractivity contribution in [1.82, 2.24) is 4.90 Å². The van der Waals surface area contributed by atoms with Crippen LogP contribution in [0.15, 0.2) is 22.7 Å². The Labute approximate surface area is 130 Å². The fourth-order valence-electron chi connectivity index (χ4n) is 1.55. The molecule has 0 saturated heterocycles. The van der Waals surface area contributed by atoms with E-state index in [1.165, 1.54) is 0 Å². The average molecular weight is 362 g/mol. The normalized spacial score (nSPS) is 10.2. The molecule has 1 amide bonds. The fraction of sp³-hybridized carbons (Fsp3) is 0.385. The van der Waals surface area contributed by atoms with E-state index >= 15 is 0 Å². The third-order valence-electron chi connectivity index (χ3n) is 2.53. The van der Waals surface area contributed by atoms with E-state index in [-0.39, 0.29) is 17.4 Å². The van der Waals surface area contributed by atoms with Crippen molar-refractivity contribution in [2.75, 3.05) is 25.7 Å². The maximum Gasteiger partial charge on any atom is 0.313 e. The minimum atomic E-state index is -0.917. The van der Waals surface area contributed by atoms with Crippen LogP contribution in [-0.4, -0.2) is 47.5 Å². The summed E-state index contributed by atoms with van der Waals surface area (Å²) >= 11 is 4.47. The van der Waals surface area contributed by atoms with Crippen LogP contribution in [0.1, 0.15) is 5.56 Å². The zero-order valence-electron chi connectivity index (χ0n) is 11.3. The molecule has 7 heteroatoms. The van der Waals surface area contributed by atoms with E-state index in [0.29, 0.717) is 12.3 Å². The van der Waals surface area contributed by atoms with Crippen molar-refractivity contribution in [2.45, 2.75) is 6.54 Å². The summed E-state index contributed by atoms with van der Waals surface area (Å²) in [6.45, 7) is 0.412. The van der Waals surface area contributed by atoms with Gasteiger partial charge >= 0.3 is 5.97 Å². The van der Waals surface area contributed by atoms with Gasteiger partial charge in [0, 0.05) is 23.6 Å². The van der Waals surface area contributed by atoms with Gasteiger partial charge in [-0.15, -0.1) is 11.8 Å². The summed E-state index contributed by atoms with van der Waals surface area (Å²) in [5.41, 5.74) is 0.890. The standard InChI is InChI=1S/C13H16BrNO4S/c1-15(12(16)7-20-8-13(17)18)6-9-5-10(14)3-4-11(9)19-2/h3-5H,6-8H2,1-2H3,(H,17,18). The first-order valence-corrected chi connectivity index (χ1v) is 7.74. The lowest BCUT2D eigenvalue weighted by atomic mass is 10.2. The molecule has 110 valence electrons. The van der Waals surface area contributed by atoms with Gasteiger partial charge in [-0.3, -0.25) is 9.59 Å². The maximum absolute atomic E-state index is 11.9. The lowest BCUT2D eigenvalue weighted by molar-refractivity contribution is -0.133. The number of thioether (sulfide) groups is 1. The van der Waals surface area contributed by atoms with E-state index in [4.69, 9.17) is 9.84 Å². The molecule has 1 rings (SSSR count). The van der Waals surface area contributed by atoms with E-state index in [1.54, 1.807) is 19.1 Å². The lowest BCUT2D eigenvalue weighted by Gasteiger charge is -2.18. The van der Waals surface area contributed by atoms with Crippen molar-refractivity contribution in [1.29, 1.82) is 0 Å². The molecule has 0 spiro atoms. The van der Waals surface area contributed by atoms with Crippen molar-refractivity contribution >= 4 is 39.6 Å². The van der Waals surface area contributed by atoms with Crippen LogP contribution in [0, 0.1) is 0 Å². The predicted octanol–water partition coefficient (Wildman–Crippen LogP) is 2.23. The van der Waals surface area contributed by atoms with Crippen LogP contribution in [0.3, 0.4) is 0 Å². The number of carbonyl (C=O) groups is 2. The summed E-state index contributed by atoms with van der Waals surface area (Å²) in [6.07, 6.45) is 0. The van der Waals surface area contributed by atoms with Gasteiger partial charge in [0.2, 0.25) is 5.91 Å². The van der Waals surface area contributed by atoms with Crippen LogP contribution < -0.4 is 4.74 Å². The average Bonchev–Trinajstić information content (AvgIpc) is 2.38. The van der Waals surface area contributed by atoms with Crippen LogP contribution >= 0.6 is 27.7 Å². The highest BCUT2D eigenvalue weighted by Gasteiger charge is 2.13. The summed E-state index contributed by atoms with van der Waals surface area (Å²) in [7, 11) is 3.27. The van der Waals surface area contributed by atoms with Gasteiger partial charge in [0.15, 0.2) is 0 Å². The van der Waals surface area contributed by atoms with Gasteiger partial charge in [-0.2, -0.15) is 0 Å². The molecule has 0 aliphatic heterocycles. The van der Waals surface area contributed by atoms with Gasteiger partial charge < -0.3 is 14.7 Å². The van der Waals surface area contributed by atoms with Crippen LogP contribution in [0.4, 0.5) is 0 Å². The van der Waals surface area contributed by atoms with E-state index in [0.717, 1.165) is 21.8 Å². The number of nitrogens with zero attached hydrogens (tertiary/aromatic N) is 1. The molecule has 0 aliphatic carbocycles. The summed E-state index contributed by atoms with van der Waals surface area (Å²) in [5.74, 6) is -0.234. The maximum atomic E-state index is 11.9.